The zero-order chi connectivity index (χ0) is 22.1. The first-order valence-corrected chi connectivity index (χ1v) is 10.2. The molecule has 4 rings (SSSR count). The largest absolute Gasteiger partial charge is 0.399 e. The van der Waals surface area contributed by atoms with E-state index in [0.29, 0.717) is 24.7 Å². The fourth-order valence-electron chi connectivity index (χ4n) is 4.11. The molecule has 10 nitrogen and oxygen atoms in total. The van der Waals surface area contributed by atoms with Crippen LogP contribution < -0.4 is 21.7 Å². The fourth-order valence-corrected chi connectivity index (χ4v) is 4.11. The summed E-state index contributed by atoms with van der Waals surface area (Å²) in [5, 5.41) is 7.61. The Hall–Kier alpha value is -3.82. The molecule has 2 aromatic heterocycles. The second-order valence-electron chi connectivity index (χ2n) is 7.85. The van der Waals surface area contributed by atoms with E-state index in [4.69, 9.17) is 11.5 Å². The lowest BCUT2D eigenvalue weighted by molar-refractivity contribution is -0.133. The number of piperazine rings is 1. The molecule has 0 radical (unpaired) electrons. The van der Waals surface area contributed by atoms with Gasteiger partial charge in [-0.2, -0.15) is 9.67 Å². The van der Waals surface area contributed by atoms with Crippen molar-refractivity contribution in [3.63, 3.8) is 0 Å². The van der Waals surface area contributed by atoms with Crippen molar-refractivity contribution in [3.8, 4) is 5.69 Å². The summed E-state index contributed by atoms with van der Waals surface area (Å²) >= 11 is 0. The number of carbonyl (C=O) groups is 1. The molecule has 0 spiro atoms. The predicted octanol–water partition coefficient (Wildman–Crippen LogP) is 2.02. The minimum atomic E-state index is 0.0953. The Kier molecular flexibility index (Phi) is 5.37. The molecule has 162 valence electrons. The van der Waals surface area contributed by atoms with Crippen LogP contribution in [0.3, 0.4) is 0 Å². The number of nitrogens with one attached hydrogen (secondary N) is 1. The summed E-state index contributed by atoms with van der Waals surface area (Å²) in [5.74, 6) is 1.55. The van der Waals surface area contributed by atoms with Gasteiger partial charge in [-0.1, -0.05) is 0 Å². The van der Waals surface area contributed by atoms with Gasteiger partial charge in [0.2, 0.25) is 17.8 Å². The molecule has 0 saturated carbocycles. The molecule has 0 unspecified atom stereocenters. The molecule has 1 fully saturated rings. The number of carbonyl (C=O) groups excluding carboxylic acids is 1. The molecule has 3 heterocycles. The van der Waals surface area contributed by atoms with Gasteiger partial charge < -0.3 is 26.6 Å². The zero-order valence-corrected chi connectivity index (χ0v) is 17.9. The molecule has 1 aromatic carbocycles. The van der Waals surface area contributed by atoms with Gasteiger partial charge in [-0.25, -0.2) is 4.98 Å². The number of nitrogen functional groups attached to an aromatic ring is 2. The van der Waals surface area contributed by atoms with E-state index in [-0.39, 0.29) is 23.9 Å². The highest BCUT2D eigenvalue weighted by Crippen LogP contribution is 2.24. The lowest BCUT2D eigenvalue weighted by Gasteiger charge is -2.44. The van der Waals surface area contributed by atoms with Crippen molar-refractivity contribution >= 4 is 35.0 Å². The van der Waals surface area contributed by atoms with Crippen LogP contribution in [0.2, 0.25) is 0 Å². The van der Waals surface area contributed by atoms with Gasteiger partial charge in [-0.05, 0) is 44.2 Å². The second kappa shape index (κ2) is 8.13. The molecule has 10 heteroatoms. The summed E-state index contributed by atoms with van der Waals surface area (Å²) in [4.78, 5) is 24.9. The number of hydrogen-bond donors (Lipinski definition) is 3. The molecular formula is C21H27N9O. The third-order valence-electron chi connectivity index (χ3n) is 5.38. The predicted molar refractivity (Wildman–Crippen MR) is 121 cm³/mol. The van der Waals surface area contributed by atoms with Gasteiger partial charge in [-0.3, -0.25) is 4.79 Å². The Bertz CT molecular complexity index is 1070. The molecule has 5 N–H and O–H groups in total. The van der Waals surface area contributed by atoms with Crippen LogP contribution >= 0.6 is 0 Å². The summed E-state index contributed by atoms with van der Waals surface area (Å²) in [7, 11) is 0. The van der Waals surface area contributed by atoms with Crippen molar-refractivity contribution < 1.29 is 4.79 Å². The molecule has 1 amide bonds. The molecule has 1 saturated heterocycles. The van der Waals surface area contributed by atoms with Crippen LogP contribution in [0.5, 0.6) is 0 Å². The number of anilines is 5. The topological polar surface area (TPSA) is 131 Å². The molecular weight excluding hydrogens is 394 g/mol. The van der Waals surface area contributed by atoms with Gasteiger partial charge in [0.15, 0.2) is 0 Å². The van der Waals surface area contributed by atoms with Crippen molar-refractivity contribution in [2.24, 2.45) is 0 Å². The first kappa shape index (κ1) is 20.5. The van der Waals surface area contributed by atoms with Crippen LogP contribution in [-0.2, 0) is 4.79 Å². The van der Waals surface area contributed by atoms with Gasteiger partial charge in [0.05, 0.1) is 5.69 Å². The van der Waals surface area contributed by atoms with Crippen LogP contribution in [-0.4, -0.2) is 55.7 Å². The van der Waals surface area contributed by atoms with Crippen LogP contribution in [0, 0.1) is 0 Å². The van der Waals surface area contributed by atoms with E-state index in [2.05, 4.69) is 39.1 Å². The molecule has 3 aromatic rings. The summed E-state index contributed by atoms with van der Waals surface area (Å²) in [6.45, 7) is 7.14. The maximum absolute atomic E-state index is 11.9. The highest BCUT2D eigenvalue weighted by Gasteiger charge is 2.31. The summed E-state index contributed by atoms with van der Waals surface area (Å²) < 4.78 is 1.57. The van der Waals surface area contributed by atoms with Crippen LogP contribution in [0.4, 0.5) is 29.1 Å². The Morgan fingerprint density at radius 1 is 1.10 bits per heavy atom. The number of amides is 1. The molecule has 0 bridgehead atoms. The van der Waals surface area contributed by atoms with E-state index in [0.717, 1.165) is 17.2 Å². The lowest BCUT2D eigenvalue weighted by Crippen LogP contribution is -2.58. The standard InChI is InChI=1S/C21H27N9O/c1-13-11-28(12-14(2)29(13)15(3)31)19-10-18(8-9-24-19)30-20(23)26-21(27-30)25-17-6-4-16(22)5-7-17/h4-10,13-14H,11-12,22H2,1-3H3,(H3,23,25,26,27)/t13-,14+. The number of nitrogens with zero attached hydrogens (tertiary/aromatic N) is 6. The third-order valence-corrected chi connectivity index (χ3v) is 5.38. The number of rotatable bonds is 4. The van der Waals surface area contributed by atoms with Crippen LogP contribution in [0.1, 0.15) is 20.8 Å². The Balaban J connectivity index is 1.55. The Morgan fingerprint density at radius 2 is 1.77 bits per heavy atom. The van der Waals surface area contributed by atoms with E-state index in [1.165, 1.54) is 0 Å². The first-order chi connectivity index (χ1) is 14.8. The number of hydrogen-bond acceptors (Lipinski definition) is 8. The average molecular weight is 422 g/mol. The van der Waals surface area contributed by atoms with Gasteiger partial charge in [0.25, 0.3) is 0 Å². The van der Waals surface area contributed by atoms with Gasteiger partial charge in [0.1, 0.15) is 5.82 Å². The molecule has 1 aliphatic heterocycles. The molecule has 0 aliphatic carbocycles. The van der Waals surface area contributed by atoms with Crippen molar-refractivity contribution in [3.05, 3.63) is 42.6 Å². The number of benzene rings is 1. The fraction of sp³-hybridized carbons (Fsp3) is 0.333. The van der Waals surface area contributed by atoms with E-state index >= 15 is 0 Å². The van der Waals surface area contributed by atoms with E-state index in [1.54, 1.807) is 29.9 Å². The number of nitrogens with two attached hydrogens (primary N) is 2. The van der Waals surface area contributed by atoms with Crippen LogP contribution in [0.25, 0.3) is 5.69 Å². The third kappa shape index (κ3) is 4.23. The number of aromatic nitrogens is 4. The molecule has 31 heavy (non-hydrogen) atoms. The molecule has 2 atom stereocenters. The smallest absolute Gasteiger partial charge is 0.248 e. The van der Waals surface area contributed by atoms with Crippen molar-refractivity contribution in [2.75, 3.05) is 34.8 Å². The Labute approximate surface area is 180 Å². The maximum atomic E-state index is 11.9. The SMILES string of the molecule is CC(=O)N1[C@H](C)CN(c2cc(-n3nc(Nc4ccc(N)cc4)nc3N)ccn2)C[C@@H]1C. The first-order valence-electron chi connectivity index (χ1n) is 10.2. The van der Waals surface area contributed by atoms with E-state index in [9.17, 15) is 4.79 Å². The van der Waals surface area contributed by atoms with Gasteiger partial charge in [-0.15, -0.1) is 5.10 Å². The highest BCUT2D eigenvalue weighted by atomic mass is 16.2. The van der Waals surface area contributed by atoms with E-state index < -0.39 is 0 Å². The summed E-state index contributed by atoms with van der Waals surface area (Å²) in [5.41, 5.74) is 14.1. The number of pyridine rings is 1. The van der Waals surface area contributed by atoms with Crippen molar-refractivity contribution in [2.45, 2.75) is 32.9 Å². The highest BCUT2D eigenvalue weighted by molar-refractivity contribution is 5.74. The normalized spacial score (nSPS) is 18.8. The Morgan fingerprint density at radius 3 is 2.42 bits per heavy atom. The molecule has 1 aliphatic rings. The van der Waals surface area contributed by atoms with Gasteiger partial charge >= 0.3 is 0 Å². The minimum absolute atomic E-state index is 0.0953. The average Bonchev–Trinajstić information content (AvgIpc) is 3.09. The monoisotopic (exact) mass is 421 g/mol. The summed E-state index contributed by atoms with van der Waals surface area (Å²) in [6, 6.07) is 11.2. The van der Waals surface area contributed by atoms with Crippen molar-refractivity contribution in [1.82, 2.24) is 24.6 Å². The quantitative estimate of drug-likeness (QED) is 0.545. The second-order valence-corrected chi connectivity index (χ2v) is 7.85. The minimum Gasteiger partial charge on any atom is -0.399 e. The van der Waals surface area contributed by atoms with E-state index in [1.807, 2.05) is 29.2 Å². The summed E-state index contributed by atoms with van der Waals surface area (Å²) in [6.07, 6.45) is 1.73. The van der Waals surface area contributed by atoms with Gasteiger partial charge in [0, 0.05) is 55.7 Å². The van der Waals surface area contributed by atoms with Crippen LogP contribution in [0.15, 0.2) is 42.6 Å². The lowest BCUT2D eigenvalue weighted by atomic mass is 10.1. The zero-order valence-electron chi connectivity index (χ0n) is 17.9. The maximum Gasteiger partial charge on any atom is 0.248 e. The van der Waals surface area contributed by atoms with Crippen molar-refractivity contribution in [1.29, 1.82) is 0 Å².